The fourth-order valence-corrected chi connectivity index (χ4v) is 1.86. The molecule has 0 aliphatic heterocycles. The van der Waals surface area contributed by atoms with Crippen molar-refractivity contribution < 1.29 is 14.3 Å². The first-order chi connectivity index (χ1) is 9.68. The third-order valence-electron chi connectivity index (χ3n) is 2.89. The fraction of sp³-hybridized carbons (Fsp3) is 0.118. The molecule has 0 saturated heterocycles. The van der Waals surface area contributed by atoms with Gasteiger partial charge in [-0.05, 0) is 18.2 Å². The third-order valence-corrected chi connectivity index (χ3v) is 2.89. The molecule has 1 N–H and O–H groups in total. The SMILES string of the molecule is O=C(O)C(CC#Cc1ccccc1)c1ccccc1F. The van der Waals surface area contributed by atoms with Crippen molar-refractivity contribution in [3.63, 3.8) is 0 Å². The smallest absolute Gasteiger partial charge is 0.312 e. The number of hydrogen-bond acceptors (Lipinski definition) is 1. The van der Waals surface area contributed by atoms with E-state index in [2.05, 4.69) is 11.8 Å². The number of hydrogen-bond donors (Lipinski definition) is 1. The molecule has 2 nitrogen and oxygen atoms in total. The minimum absolute atomic E-state index is 0.0746. The first kappa shape index (κ1) is 13.8. The second-order valence-electron chi connectivity index (χ2n) is 4.28. The van der Waals surface area contributed by atoms with Gasteiger partial charge in [0.25, 0.3) is 0 Å². The molecule has 2 rings (SSSR count). The Bertz CT molecular complexity index is 653. The standard InChI is InChI=1S/C17H13FO2/c18-16-12-5-4-10-14(16)15(17(19)20)11-6-9-13-7-2-1-3-8-13/h1-5,7-8,10,12,15H,11H2,(H,19,20). The molecule has 0 saturated carbocycles. The average Bonchev–Trinajstić information content (AvgIpc) is 2.45. The molecule has 1 atom stereocenters. The maximum atomic E-state index is 13.6. The molecule has 0 aliphatic carbocycles. The molecule has 0 amide bonds. The van der Waals surface area contributed by atoms with Gasteiger partial charge in [0.15, 0.2) is 0 Å². The van der Waals surface area contributed by atoms with Gasteiger partial charge >= 0.3 is 5.97 Å². The van der Waals surface area contributed by atoms with Gasteiger partial charge in [0, 0.05) is 17.5 Å². The Hall–Kier alpha value is -2.60. The summed E-state index contributed by atoms with van der Waals surface area (Å²) in [4.78, 5) is 11.3. The highest BCUT2D eigenvalue weighted by molar-refractivity contribution is 5.76. The number of aliphatic carboxylic acids is 1. The largest absolute Gasteiger partial charge is 0.481 e. The molecule has 0 aromatic heterocycles. The van der Waals surface area contributed by atoms with Crippen LogP contribution in [0.4, 0.5) is 4.39 Å². The van der Waals surface area contributed by atoms with Crippen molar-refractivity contribution in [2.24, 2.45) is 0 Å². The number of rotatable bonds is 3. The van der Waals surface area contributed by atoms with Crippen LogP contribution in [0, 0.1) is 17.7 Å². The van der Waals surface area contributed by atoms with Crippen LogP contribution in [0.25, 0.3) is 0 Å². The highest BCUT2D eigenvalue weighted by Gasteiger charge is 2.21. The lowest BCUT2D eigenvalue weighted by Crippen LogP contribution is -2.12. The number of carbonyl (C=O) groups is 1. The van der Waals surface area contributed by atoms with Gasteiger partial charge < -0.3 is 5.11 Å². The second kappa shape index (κ2) is 6.53. The second-order valence-corrected chi connectivity index (χ2v) is 4.28. The molecule has 0 fully saturated rings. The van der Waals surface area contributed by atoms with Crippen molar-refractivity contribution in [1.29, 1.82) is 0 Å². The molecular formula is C17H13FO2. The molecule has 0 spiro atoms. The molecular weight excluding hydrogens is 255 g/mol. The van der Waals surface area contributed by atoms with Crippen molar-refractivity contribution in [3.8, 4) is 11.8 Å². The Morgan fingerprint density at radius 2 is 1.75 bits per heavy atom. The first-order valence-electron chi connectivity index (χ1n) is 6.19. The van der Waals surface area contributed by atoms with Crippen molar-refractivity contribution in [2.45, 2.75) is 12.3 Å². The minimum atomic E-state index is -1.07. The van der Waals surface area contributed by atoms with Crippen molar-refractivity contribution in [1.82, 2.24) is 0 Å². The van der Waals surface area contributed by atoms with Crippen LogP contribution in [0.15, 0.2) is 54.6 Å². The fourth-order valence-electron chi connectivity index (χ4n) is 1.86. The van der Waals surface area contributed by atoms with Crippen LogP contribution in [-0.2, 0) is 4.79 Å². The highest BCUT2D eigenvalue weighted by atomic mass is 19.1. The maximum absolute atomic E-state index is 13.6. The van der Waals surface area contributed by atoms with Crippen molar-refractivity contribution >= 4 is 5.97 Å². The molecule has 1 unspecified atom stereocenters. The average molecular weight is 268 g/mol. The third kappa shape index (κ3) is 3.46. The van der Waals surface area contributed by atoms with Gasteiger partial charge in [0.1, 0.15) is 5.82 Å². The Kier molecular flexibility index (Phi) is 4.52. The van der Waals surface area contributed by atoms with E-state index < -0.39 is 17.7 Å². The first-order valence-corrected chi connectivity index (χ1v) is 6.19. The zero-order valence-corrected chi connectivity index (χ0v) is 10.7. The Morgan fingerprint density at radius 1 is 1.10 bits per heavy atom. The Morgan fingerprint density at radius 3 is 2.40 bits per heavy atom. The van der Waals surface area contributed by atoms with E-state index >= 15 is 0 Å². The van der Waals surface area contributed by atoms with Gasteiger partial charge in [0.05, 0.1) is 5.92 Å². The molecule has 0 heterocycles. The van der Waals surface area contributed by atoms with E-state index in [1.54, 1.807) is 6.07 Å². The summed E-state index contributed by atoms with van der Waals surface area (Å²) in [5.74, 6) is 3.16. The summed E-state index contributed by atoms with van der Waals surface area (Å²) in [6, 6.07) is 15.2. The number of halogens is 1. The molecule has 100 valence electrons. The summed E-state index contributed by atoms with van der Waals surface area (Å²) in [6.45, 7) is 0. The predicted molar refractivity (Wildman–Crippen MR) is 74.7 cm³/mol. The molecule has 2 aromatic carbocycles. The van der Waals surface area contributed by atoms with Crippen LogP contribution < -0.4 is 0 Å². The van der Waals surface area contributed by atoms with Gasteiger partial charge in [-0.15, -0.1) is 0 Å². The van der Waals surface area contributed by atoms with Crippen LogP contribution >= 0.6 is 0 Å². The Balaban J connectivity index is 2.18. The molecule has 0 aliphatic rings. The van der Waals surface area contributed by atoms with E-state index in [1.165, 1.54) is 18.2 Å². The van der Waals surface area contributed by atoms with E-state index in [1.807, 2.05) is 30.3 Å². The lowest BCUT2D eigenvalue weighted by Gasteiger charge is -2.10. The topological polar surface area (TPSA) is 37.3 Å². The van der Waals surface area contributed by atoms with Gasteiger partial charge in [-0.25, -0.2) is 4.39 Å². The maximum Gasteiger partial charge on any atom is 0.312 e. The summed E-state index contributed by atoms with van der Waals surface area (Å²) in [6.07, 6.45) is 0.0746. The lowest BCUT2D eigenvalue weighted by molar-refractivity contribution is -0.138. The summed E-state index contributed by atoms with van der Waals surface area (Å²) in [7, 11) is 0. The lowest BCUT2D eigenvalue weighted by atomic mass is 9.95. The summed E-state index contributed by atoms with van der Waals surface area (Å²) < 4.78 is 13.6. The number of benzene rings is 2. The van der Waals surface area contributed by atoms with Gasteiger partial charge in [0.2, 0.25) is 0 Å². The highest BCUT2D eigenvalue weighted by Crippen LogP contribution is 2.22. The van der Waals surface area contributed by atoms with E-state index in [4.69, 9.17) is 0 Å². The minimum Gasteiger partial charge on any atom is -0.481 e. The molecule has 20 heavy (non-hydrogen) atoms. The Labute approximate surface area is 116 Å². The van der Waals surface area contributed by atoms with E-state index in [-0.39, 0.29) is 12.0 Å². The molecule has 3 heteroatoms. The molecule has 0 radical (unpaired) electrons. The van der Waals surface area contributed by atoms with Crippen LogP contribution in [-0.4, -0.2) is 11.1 Å². The van der Waals surface area contributed by atoms with Gasteiger partial charge in [-0.2, -0.15) is 0 Å². The van der Waals surface area contributed by atoms with Crippen molar-refractivity contribution in [3.05, 3.63) is 71.5 Å². The molecule has 2 aromatic rings. The zero-order valence-electron chi connectivity index (χ0n) is 10.7. The normalized spacial score (nSPS) is 11.2. The van der Waals surface area contributed by atoms with Gasteiger partial charge in [-0.3, -0.25) is 4.79 Å². The zero-order chi connectivity index (χ0) is 14.4. The number of carboxylic acid groups (broad SMARTS) is 1. The number of carboxylic acids is 1. The van der Waals surface area contributed by atoms with Crippen LogP contribution in [0.2, 0.25) is 0 Å². The van der Waals surface area contributed by atoms with E-state index in [9.17, 15) is 14.3 Å². The monoisotopic (exact) mass is 268 g/mol. The van der Waals surface area contributed by atoms with Crippen LogP contribution in [0.3, 0.4) is 0 Å². The predicted octanol–water partition coefficient (Wildman–Crippen LogP) is 3.44. The van der Waals surface area contributed by atoms with Crippen molar-refractivity contribution in [2.75, 3.05) is 0 Å². The molecule has 0 bridgehead atoms. The van der Waals surface area contributed by atoms with E-state index in [0.29, 0.717) is 0 Å². The van der Waals surface area contributed by atoms with Crippen LogP contribution in [0.5, 0.6) is 0 Å². The summed E-state index contributed by atoms with van der Waals surface area (Å²) in [5, 5.41) is 9.21. The quantitative estimate of drug-likeness (QED) is 0.866. The van der Waals surface area contributed by atoms with E-state index in [0.717, 1.165) is 5.56 Å². The van der Waals surface area contributed by atoms with Gasteiger partial charge in [-0.1, -0.05) is 48.2 Å². The summed E-state index contributed by atoms with van der Waals surface area (Å²) >= 11 is 0. The summed E-state index contributed by atoms with van der Waals surface area (Å²) in [5.41, 5.74) is 0.979. The van der Waals surface area contributed by atoms with Crippen LogP contribution in [0.1, 0.15) is 23.5 Å².